The molecule has 0 amide bonds. The Kier molecular flexibility index (Phi) is 20.1. The predicted molar refractivity (Wildman–Crippen MR) is 214 cm³/mol. The summed E-state index contributed by atoms with van der Waals surface area (Å²) in [5.74, 6) is 2.61. The number of benzene rings is 1. The molecule has 0 radical (unpaired) electrons. The molecule has 3 N–H and O–H groups in total. The maximum Gasteiger partial charge on any atom is 0.511 e. The molecule has 1 aliphatic carbocycles. The van der Waals surface area contributed by atoms with E-state index >= 15 is 0 Å². The number of rotatable bonds is 23. The van der Waals surface area contributed by atoms with Crippen molar-refractivity contribution in [3.63, 3.8) is 0 Å². The maximum absolute atomic E-state index is 12.7. The first kappa shape index (κ1) is 48.5. The second-order valence-electron chi connectivity index (χ2n) is 16.4. The van der Waals surface area contributed by atoms with Crippen molar-refractivity contribution in [2.75, 3.05) is 19.8 Å². The lowest BCUT2D eigenvalue weighted by Gasteiger charge is -2.31. The fourth-order valence-corrected chi connectivity index (χ4v) is 6.07. The minimum atomic E-state index is -1.27. The van der Waals surface area contributed by atoms with Crippen LogP contribution >= 0.6 is 0 Å². The van der Waals surface area contributed by atoms with Crippen molar-refractivity contribution in [1.82, 2.24) is 0 Å². The zero-order valence-corrected chi connectivity index (χ0v) is 34.3. The van der Waals surface area contributed by atoms with Gasteiger partial charge in [0.05, 0.1) is 34.6 Å². The van der Waals surface area contributed by atoms with Gasteiger partial charge >= 0.3 is 24.1 Å². The standard InChI is InChI=1S/C45H62O12/c1-9-26-43(4,5)40(50)53-29-45(8,30-54-41(51)44(6,7)27-10-2)31-55-42(52)57-32(3)56-39(49)21-17-12-11-16-20-35-36(38(48)28-37(35)47)25-24-34(46)23-22-33-18-14-13-15-19-33/h1-2,11,13-16,18-19,24-25,32,34-38,46-48H,12,17,20-23,26-31H2,3-8H3/b16-11-,25-24+/t32?,34-,35+,36+,37-,38+/m0/s1. The van der Waals surface area contributed by atoms with Crippen molar-refractivity contribution in [2.45, 2.75) is 124 Å². The lowest BCUT2D eigenvalue weighted by atomic mass is 9.89. The molecular weight excluding hydrogens is 732 g/mol. The van der Waals surface area contributed by atoms with Crippen molar-refractivity contribution in [3.05, 3.63) is 60.2 Å². The van der Waals surface area contributed by atoms with Gasteiger partial charge in [-0.2, -0.15) is 0 Å². The Morgan fingerprint density at radius 3 is 2.02 bits per heavy atom. The average molecular weight is 795 g/mol. The zero-order valence-electron chi connectivity index (χ0n) is 34.3. The highest BCUT2D eigenvalue weighted by molar-refractivity contribution is 5.77. The highest BCUT2D eigenvalue weighted by Gasteiger charge is 2.40. The van der Waals surface area contributed by atoms with Crippen molar-refractivity contribution in [2.24, 2.45) is 28.1 Å². The Morgan fingerprint density at radius 2 is 1.44 bits per heavy atom. The van der Waals surface area contributed by atoms with Gasteiger partial charge in [0.1, 0.15) is 19.8 Å². The van der Waals surface area contributed by atoms with Crippen LogP contribution < -0.4 is 0 Å². The van der Waals surface area contributed by atoms with Gasteiger partial charge in [0.2, 0.25) is 6.29 Å². The van der Waals surface area contributed by atoms with Crippen LogP contribution in [0.2, 0.25) is 0 Å². The third-order valence-corrected chi connectivity index (χ3v) is 9.76. The number of carbonyl (C=O) groups excluding carboxylic acids is 4. The lowest BCUT2D eigenvalue weighted by Crippen LogP contribution is -2.40. The number of esters is 3. The Bertz CT molecular complexity index is 1540. The van der Waals surface area contributed by atoms with E-state index in [1.807, 2.05) is 48.6 Å². The van der Waals surface area contributed by atoms with E-state index in [4.69, 9.17) is 36.5 Å². The van der Waals surface area contributed by atoms with E-state index in [0.717, 1.165) is 12.0 Å². The van der Waals surface area contributed by atoms with Gasteiger partial charge in [-0.25, -0.2) is 4.79 Å². The summed E-state index contributed by atoms with van der Waals surface area (Å²) < 4.78 is 26.6. The molecule has 0 spiro atoms. The Morgan fingerprint density at radius 1 is 0.860 bits per heavy atom. The molecule has 0 heterocycles. The van der Waals surface area contributed by atoms with E-state index in [-0.39, 0.29) is 57.3 Å². The molecule has 1 aromatic carbocycles. The summed E-state index contributed by atoms with van der Waals surface area (Å²) in [4.78, 5) is 50.4. The Balaban J connectivity index is 1.81. The highest BCUT2D eigenvalue weighted by Crippen LogP contribution is 2.36. The van der Waals surface area contributed by atoms with Gasteiger partial charge in [-0.15, -0.1) is 24.7 Å². The van der Waals surface area contributed by atoms with E-state index in [2.05, 4.69) is 11.8 Å². The minimum absolute atomic E-state index is 0.0466. The van der Waals surface area contributed by atoms with Crippen LogP contribution in [0.25, 0.3) is 0 Å². The first-order chi connectivity index (χ1) is 26.8. The van der Waals surface area contributed by atoms with E-state index in [0.29, 0.717) is 25.7 Å². The fourth-order valence-electron chi connectivity index (χ4n) is 6.07. The molecule has 12 nitrogen and oxygen atoms in total. The second kappa shape index (κ2) is 23.6. The number of ether oxygens (including phenoxy) is 5. The van der Waals surface area contributed by atoms with E-state index in [1.54, 1.807) is 40.7 Å². The largest absolute Gasteiger partial charge is 0.511 e. The molecule has 0 aliphatic heterocycles. The molecule has 6 atom stereocenters. The predicted octanol–water partition coefficient (Wildman–Crippen LogP) is 6.24. The number of allylic oxidation sites excluding steroid dienone is 2. The number of hydrogen-bond donors (Lipinski definition) is 3. The van der Waals surface area contributed by atoms with Gasteiger partial charge in [0.25, 0.3) is 0 Å². The van der Waals surface area contributed by atoms with Gasteiger partial charge < -0.3 is 39.0 Å². The van der Waals surface area contributed by atoms with Crippen LogP contribution in [0.5, 0.6) is 0 Å². The van der Waals surface area contributed by atoms with Crippen LogP contribution in [0.15, 0.2) is 54.6 Å². The molecule has 57 heavy (non-hydrogen) atoms. The van der Waals surface area contributed by atoms with E-state index < -0.39 is 64.9 Å². The lowest BCUT2D eigenvalue weighted by molar-refractivity contribution is -0.170. The summed E-state index contributed by atoms with van der Waals surface area (Å²) in [6.45, 7) is 8.54. The van der Waals surface area contributed by atoms with Gasteiger partial charge in [0.15, 0.2) is 0 Å². The van der Waals surface area contributed by atoms with Gasteiger partial charge in [-0.1, -0.05) is 54.6 Å². The normalized spacial score (nSPS) is 19.6. The third-order valence-electron chi connectivity index (χ3n) is 9.76. The highest BCUT2D eigenvalue weighted by atomic mass is 16.8. The number of hydrogen-bond acceptors (Lipinski definition) is 12. The Labute approximate surface area is 338 Å². The summed E-state index contributed by atoms with van der Waals surface area (Å²) in [5.41, 5.74) is -2.00. The third kappa shape index (κ3) is 17.6. The second-order valence-corrected chi connectivity index (χ2v) is 16.4. The van der Waals surface area contributed by atoms with Crippen LogP contribution in [-0.4, -0.2) is 83.8 Å². The maximum atomic E-state index is 12.7. The number of unbranched alkanes of at least 4 members (excludes halogenated alkanes) is 1. The number of aryl methyl sites for hydroxylation is 1. The van der Waals surface area contributed by atoms with Crippen molar-refractivity contribution < 1.29 is 58.2 Å². The Hall–Kier alpha value is -4.62. The molecule has 12 heteroatoms. The molecule has 2 rings (SSSR count). The quantitative estimate of drug-likeness (QED) is 0.0284. The smallest absolute Gasteiger partial charge is 0.464 e. The first-order valence-electron chi connectivity index (χ1n) is 19.5. The van der Waals surface area contributed by atoms with Gasteiger partial charge in [0, 0.05) is 38.5 Å². The number of aliphatic hydroxyl groups excluding tert-OH is 3. The van der Waals surface area contributed by atoms with Crippen LogP contribution in [0.3, 0.4) is 0 Å². The topological polar surface area (TPSA) is 175 Å². The molecule has 0 saturated heterocycles. The SMILES string of the molecule is C#CCC(C)(C)C(=O)OCC(C)(COC(=O)OC(C)OC(=O)CCC/C=C\C[C@@H]1[C@@H](/C=C/[C@@H](O)CCc2ccccc2)[C@H](O)C[C@@H]1O)COC(=O)C(C)(C)CC#C. The van der Waals surface area contributed by atoms with E-state index in [9.17, 15) is 34.5 Å². The summed E-state index contributed by atoms with van der Waals surface area (Å²) in [7, 11) is 0. The number of carbonyl (C=O) groups is 4. The van der Waals surface area contributed by atoms with Crippen LogP contribution in [0, 0.1) is 52.8 Å². The molecule has 0 bridgehead atoms. The van der Waals surface area contributed by atoms with Gasteiger partial charge in [-0.3, -0.25) is 14.4 Å². The molecule has 0 aromatic heterocycles. The summed E-state index contributed by atoms with van der Waals surface area (Å²) in [6.07, 6.45) is 17.0. The molecule has 1 aromatic rings. The summed E-state index contributed by atoms with van der Waals surface area (Å²) >= 11 is 0. The minimum Gasteiger partial charge on any atom is -0.464 e. The first-order valence-corrected chi connectivity index (χ1v) is 19.5. The van der Waals surface area contributed by atoms with E-state index in [1.165, 1.54) is 6.92 Å². The average Bonchev–Trinajstić information content (AvgIpc) is 3.42. The van der Waals surface area contributed by atoms with Crippen LogP contribution in [0.1, 0.15) is 98.5 Å². The van der Waals surface area contributed by atoms with Crippen molar-refractivity contribution in [3.8, 4) is 24.7 Å². The van der Waals surface area contributed by atoms with Gasteiger partial charge in [-0.05, 0) is 78.2 Å². The molecule has 1 saturated carbocycles. The fraction of sp³-hybridized carbons (Fsp3) is 0.600. The van der Waals surface area contributed by atoms with Crippen LogP contribution in [-0.2, 0) is 44.5 Å². The summed E-state index contributed by atoms with van der Waals surface area (Å²) in [6, 6.07) is 9.88. The number of aliphatic hydroxyl groups is 3. The zero-order chi connectivity index (χ0) is 42.6. The molecular formula is C45H62O12. The van der Waals surface area contributed by atoms with Crippen LogP contribution in [0.4, 0.5) is 4.79 Å². The number of terminal acetylenes is 2. The molecule has 1 fully saturated rings. The van der Waals surface area contributed by atoms with Crippen molar-refractivity contribution >= 4 is 24.1 Å². The van der Waals surface area contributed by atoms with Crippen molar-refractivity contribution in [1.29, 1.82) is 0 Å². The monoisotopic (exact) mass is 794 g/mol. The molecule has 1 aliphatic rings. The molecule has 314 valence electrons. The summed E-state index contributed by atoms with van der Waals surface area (Å²) in [5, 5.41) is 31.6. The molecule has 1 unspecified atom stereocenters.